The van der Waals surface area contributed by atoms with Crippen LogP contribution in [0.4, 0.5) is 5.69 Å². The predicted molar refractivity (Wildman–Crippen MR) is 85.2 cm³/mol. The molecule has 21 heavy (non-hydrogen) atoms. The molecule has 0 spiro atoms. The van der Waals surface area contributed by atoms with Gasteiger partial charge in [0.05, 0.1) is 5.54 Å². The molecule has 1 aromatic rings. The summed E-state index contributed by atoms with van der Waals surface area (Å²) in [4.78, 5) is 23.8. The lowest BCUT2D eigenvalue weighted by atomic mass is 9.92. The molecular weight excluding hydrogens is 266 g/mol. The molecular formula is C16H25N3O2. The molecule has 0 aliphatic heterocycles. The summed E-state index contributed by atoms with van der Waals surface area (Å²) in [5.41, 5.74) is 6.57. The maximum Gasteiger partial charge on any atom is 0.251 e. The smallest absolute Gasteiger partial charge is 0.251 e. The topological polar surface area (TPSA) is 84.2 Å². The van der Waals surface area contributed by atoms with Crippen molar-refractivity contribution in [2.75, 3.05) is 11.9 Å². The standard InChI is InChI=1S/C16H25N3O2/c1-4-14(20)18-13-9-7-8-12(10-13)15(21)19-16(5-2,6-3)11-17/h7-10H,4-6,11,17H2,1-3H3,(H,18,20)(H,19,21). The Morgan fingerprint density at radius 2 is 1.86 bits per heavy atom. The Labute approximate surface area is 126 Å². The van der Waals surface area contributed by atoms with Crippen molar-refractivity contribution < 1.29 is 9.59 Å². The highest BCUT2D eigenvalue weighted by molar-refractivity contribution is 5.97. The van der Waals surface area contributed by atoms with Gasteiger partial charge in [-0.1, -0.05) is 26.8 Å². The van der Waals surface area contributed by atoms with Crippen LogP contribution in [0.25, 0.3) is 0 Å². The lowest BCUT2D eigenvalue weighted by Crippen LogP contribution is -2.52. The van der Waals surface area contributed by atoms with Crippen molar-refractivity contribution >= 4 is 17.5 Å². The van der Waals surface area contributed by atoms with Crippen molar-refractivity contribution in [1.82, 2.24) is 5.32 Å². The molecule has 0 saturated heterocycles. The van der Waals surface area contributed by atoms with Crippen LogP contribution in [0.3, 0.4) is 0 Å². The van der Waals surface area contributed by atoms with E-state index in [4.69, 9.17) is 5.73 Å². The number of carbonyl (C=O) groups excluding carboxylic acids is 2. The first-order chi connectivity index (χ1) is 10.00. The van der Waals surface area contributed by atoms with Gasteiger partial charge in [-0.15, -0.1) is 0 Å². The Hall–Kier alpha value is -1.88. The Morgan fingerprint density at radius 3 is 2.38 bits per heavy atom. The van der Waals surface area contributed by atoms with Crippen LogP contribution in [-0.2, 0) is 4.79 Å². The largest absolute Gasteiger partial charge is 0.345 e. The number of nitrogens with one attached hydrogen (secondary N) is 2. The average molecular weight is 291 g/mol. The highest BCUT2D eigenvalue weighted by atomic mass is 16.2. The van der Waals surface area contributed by atoms with Crippen LogP contribution in [0.15, 0.2) is 24.3 Å². The molecule has 1 aromatic carbocycles. The van der Waals surface area contributed by atoms with E-state index in [2.05, 4.69) is 10.6 Å². The first-order valence-corrected chi connectivity index (χ1v) is 7.42. The summed E-state index contributed by atoms with van der Waals surface area (Å²) in [7, 11) is 0. The van der Waals surface area contributed by atoms with E-state index in [9.17, 15) is 9.59 Å². The zero-order chi connectivity index (χ0) is 15.9. The fraction of sp³-hybridized carbons (Fsp3) is 0.500. The molecule has 1 rings (SSSR count). The molecule has 4 N–H and O–H groups in total. The molecule has 0 aliphatic rings. The fourth-order valence-electron chi connectivity index (χ4n) is 2.07. The number of nitrogens with two attached hydrogens (primary N) is 1. The van der Waals surface area contributed by atoms with Gasteiger partial charge < -0.3 is 16.4 Å². The Balaban J connectivity index is 2.87. The van der Waals surface area contributed by atoms with Crippen molar-refractivity contribution in [3.05, 3.63) is 29.8 Å². The van der Waals surface area contributed by atoms with Crippen LogP contribution in [0, 0.1) is 0 Å². The maximum atomic E-state index is 12.4. The Morgan fingerprint density at radius 1 is 1.19 bits per heavy atom. The van der Waals surface area contributed by atoms with E-state index in [1.807, 2.05) is 13.8 Å². The molecule has 0 unspecified atom stereocenters. The summed E-state index contributed by atoms with van der Waals surface area (Å²) in [6, 6.07) is 6.92. The summed E-state index contributed by atoms with van der Waals surface area (Å²) in [6.07, 6.45) is 1.95. The summed E-state index contributed by atoms with van der Waals surface area (Å²) in [5.74, 6) is -0.247. The molecule has 0 aliphatic carbocycles. The molecule has 0 bridgehead atoms. The van der Waals surface area contributed by atoms with Crippen LogP contribution in [0.2, 0.25) is 0 Å². The SMILES string of the molecule is CCC(=O)Nc1cccc(C(=O)NC(CC)(CC)CN)c1. The van der Waals surface area contributed by atoms with Crippen molar-refractivity contribution in [3.8, 4) is 0 Å². The minimum absolute atomic E-state index is 0.0778. The van der Waals surface area contributed by atoms with Gasteiger partial charge in [-0.25, -0.2) is 0 Å². The predicted octanol–water partition coefficient (Wildman–Crippen LogP) is 2.28. The van der Waals surface area contributed by atoms with Gasteiger partial charge in [0.1, 0.15) is 0 Å². The van der Waals surface area contributed by atoms with Gasteiger partial charge in [-0.3, -0.25) is 9.59 Å². The molecule has 5 nitrogen and oxygen atoms in total. The van der Waals surface area contributed by atoms with Crippen molar-refractivity contribution in [3.63, 3.8) is 0 Å². The number of anilines is 1. The molecule has 0 fully saturated rings. The van der Waals surface area contributed by atoms with E-state index in [-0.39, 0.29) is 17.4 Å². The number of hydrogen-bond donors (Lipinski definition) is 3. The Bertz CT molecular complexity index is 488. The molecule has 0 heterocycles. The molecule has 0 aromatic heterocycles. The fourth-order valence-corrected chi connectivity index (χ4v) is 2.07. The van der Waals surface area contributed by atoms with Crippen molar-refractivity contribution in [2.24, 2.45) is 5.73 Å². The van der Waals surface area contributed by atoms with Gasteiger partial charge in [0.25, 0.3) is 5.91 Å². The van der Waals surface area contributed by atoms with Gasteiger partial charge in [0, 0.05) is 24.2 Å². The molecule has 0 atom stereocenters. The maximum absolute atomic E-state index is 12.4. The number of carbonyl (C=O) groups is 2. The van der Waals surface area contributed by atoms with Gasteiger partial charge in [0.15, 0.2) is 0 Å². The number of amides is 2. The summed E-state index contributed by atoms with van der Waals surface area (Å²) >= 11 is 0. The van der Waals surface area contributed by atoms with Crippen LogP contribution in [0.5, 0.6) is 0 Å². The molecule has 2 amide bonds. The minimum Gasteiger partial charge on any atom is -0.345 e. The third-order valence-electron chi connectivity index (χ3n) is 3.85. The van der Waals surface area contributed by atoms with Gasteiger partial charge in [-0.2, -0.15) is 0 Å². The van der Waals surface area contributed by atoms with Crippen LogP contribution in [-0.4, -0.2) is 23.9 Å². The number of rotatable bonds is 7. The van der Waals surface area contributed by atoms with Gasteiger partial charge in [-0.05, 0) is 31.0 Å². The highest BCUT2D eigenvalue weighted by Crippen LogP contribution is 2.16. The average Bonchev–Trinajstić information content (AvgIpc) is 2.52. The van der Waals surface area contributed by atoms with E-state index >= 15 is 0 Å². The summed E-state index contributed by atoms with van der Waals surface area (Å²) in [5, 5.41) is 5.76. The molecule has 0 saturated carbocycles. The van der Waals surface area contributed by atoms with E-state index in [0.29, 0.717) is 24.2 Å². The summed E-state index contributed by atoms with van der Waals surface area (Å²) < 4.78 is 0. The van der Waals surface area contributed by atoms with Crippen LogP contribution in [0.1, 0.15) is 50.4 Å². The lowest BCUT2D eigenvalue weighted by molar-refractivity contribution is -0.115. The third-order valence-corrected chi connectivity index (χ3v) is 3.85. The second kappa shape index (κ2) is 7.78. The second-order valence-electron chi connectivity index (χ2n) is 5.13. The zero-order valence-electron chi connectivity index (χ0n) is 13.0. The van der Waals surface area contributed by atoms with E-state index in [0.717, 1.165) is 12.8 Å². The lowest BCUT2D eigenvalue weighted by Gasteiger charge is -2.31. The molecule has 5 heteroatoms. The zero-order valence-corrected chi connectivity index (χ0v) is 13.0. The van der Waals surface area contributed by atoms with Gasteiger partial charge >= 0.3 is 0 Å². The number of hydrogen-bond acceptors (Lipinski definition) is 3. The first-order valence-electron chi connectivity index (χ1n) is 7.42. The van der Waals surface area contributed by atoms with Crippen LogP contribution < -0.4 is 16.4 Å². The van der Waals surface area contributed by atoms with Gasteiger partial charge in [0.2, 0.25) is 5.91 Å². The first kappa shape index (κ1) is 17.2. The molecule has 0 radical (unpaired) electrons. The normalized spacial score (nSPS) is 11.0. The van der Waals surface area contributed by atoms with E-state index in [1.165, 1.54) is 0 Å². The quantitative estimate of drug-likeness (QED) is 0.720. The minimum atomic E-state index is -0.375. The number of benzene rings is 1. The van der Waals surface area contributed by atoms with Crippen molar-refractivity contribution in [2.45, 2.75) is 45.6 Å². The highest BCUT2D eigenvalue weighted by Gasteiger charge is 2.26. The van der Waals surface area contributed by atoms with E-state index < -0.39 is 0 Å². The Kier molecular flexibility index (Phi) is 6.37. The monoisotopic (exact) mass is 291 g/mol. The molecule has 116 valence electrons. The van der Waals surface area contributed by atoms with Crippen LogP contribution >= 0.6 is 0 Å². The summed E-state index contributed by atoms with van der Waals surface area (Å²) in [6.45, 7) is 6.20. The van der Waals surface area contributed by atoms with E-state index in [1.54, 1.807) is 31.2 Å². The third kappa shape index (κ3) is 4.56. The second-order valence-corrected chi connectivity index (χ2v) is 5.13. The van der Waals surface area contributed by atoms with Crippen molar-refractivity contribution in [1.29, 1.82) is 0 Å².